The molecule has 0 aromatic rings. The summed E-state index contributed by atoms with van der Waals surface area (Å²) in [5, 5.41) is 8.37. The van der Waals surface area contributed by atoms with Crippen LogP contribution < -0.4 is 16.0 Å². The van der Waals surface area contributed by atoms with Gasteiger partial charge in [-0.2, -0.15) is 0 Å². The molecular weight excluding hydrogens is 194 g/mol. The normalized spacial score (nSPS) is 27.1. The minimum absolute atomic E-state index is 0.0522. The summed E-state index contributed by atoms with van der Waals surface area (Å²) in [4.78, 5) is 23.1. The van der Waals surface area contributed by atoms with Crippen molar-refractivity contribution in [2.75, 3.05) is 20.1 Å². The molecule has 0 bridgehead atoms. The summed E-state index contributed by atoms with van der Waals surface area (Å²) < 4.78 is 0. The van der Waals surface area contributed by atoms with Crippen LogP contribution in [0.2, 0.25) is 0 Å². The zero-order chi connectivity index (χ0) is 11.5. The van der Waals surface area contributed by atoms with Gasteiger partial charge < -0.3 is 16.0 Å². The van der Waals surface area contributed by atoms with Gasteiger partial charge in [0.25, 0.3) is 0 Å². The maximum absolute atomic E-state index is 11.9. The lowest BCUT2D eigenvalue weighted by Gasteiger charge is -2.23. The first-order chi connectivity index (χ1) is 6.99. The summed E-state index contributed by atoms with van der Waals surface area (Å²) in [6.07, 6.45) is 0.819. The Morgan fingerprint density at radius 2 is 2.13 bits per heavy atom. The van der Waals surface area contributed by atoms with Gasteiger partial charge in [0.05, 0.1) is 5.41 Å². The molecule has 1 rings (SSSR count). The number of nitrogens with one attached hydrogen (secondary N) is 3. The Morgan fingerprint density at radius 1 is 1.47 bits per heavy atom. The van der Waals surface area contributed by atoms with E-state index in [2.05, 4.69) is 16.0 Å². The van der Waals surface area contributed by atoms with Crippen LogP contribution in [0.5, 0.6) is 0 Å². The standard InChI is InChI=1S/C10H19N3O2/c1-7(8(14)11-3)13-9(15)10(2)4-5-12-6-10/h7,12H,4-6H2,1-3H3,(H,11,14)(H,13,15). The fourth-order valence-corrected chi connectivity index (χ4v) is 1.66. The minimum atomic E-state index is -0.472. The van der Waals surface area contributed by atoms with Gasteiger partial charge in [0.1, 0.15) is 6.04 Å². The van der Waals surface area contributed by atoms with E-state index in [-0.39, 0.29) is 17.2 Å². The van der Waals surface area contributed by atoms with Crippen LogP contribution in [0.15, 0.2) is 0 Å². The SMILES string of the molecule is CNC(=O)C(C)NC(=O)C1(C)CCNC1. The molecular formula is C10H19N3O2. The number of carbonyl (C=O) groups excluding carboxylic acids is 2. The molecule has 15 heavy (non-hydrogen) atoms. The van der Waals surface area contributed by atoms with E-state index < -0.39 is 6.04 Å². The monoisotopic (exact) mass is 213 g/mol. The molecule has 5 nitrogen and oxygen atoms in total. The Balaban J connectivity index is 2.51. The Hall–Kier alpha value is -1.10. The summed E-state index contributed by atoms with van der Waals surface area (Å²) in [6, 6.07) is -0.472. The molecule has 1 aliphatic heterocycles. The third kappa shape index (κ3) is 2.68. The van der Waals surface area contributed by atoms with Crippen molar-refractivity contribution >= 4 is 11.8 Å². The lowest BCUT2D eigenvalue weighted by atomic mass is 9.88. The maximum atomic E-state index is 11.9. The van der Waals surface area contributed by atoms with Crippen LogP contribution in [0.1, 0.15) is 20.3 Å². The molecule has 1 fully saturated rings. The quantitative estimate of drug-likeness (QED) is 0.577. The molecule has 3 N–H and O–H groups in total. The van der Waals surface area contributed by atoms with E-state index >= 15 is 0 Å². The van der Waals surface area contributed by atoms with Crippen LogP contribution >= 0.6 is 0 Å². The number of rotatable bonds is 3. The molecule has 5 heteroatoms. The fourth-order valence-electron chi connectivity index (χ4n) is 1.66. The summed E-state index contributed by atoms with van der Waals surface area (Å²) >= 11 is 0. The van der Waals surface area contributed by atoms with E-state index in [0.29, 0.717) is 6.54 Å². The molecule has 2 amide bonds. The lowest BCUT2D eigenvalue weighted by molar-refractivity contribution is -0.133. The Labute approximate surface area is 90.0 Å². The Kier molecular flexibility index (Phi) is 3.68. The molecule has 0 aromatic carbocycles. The smallest absolute Gasteiger partial charge is 0.242 e. The summed E-state index contributed by atoms with van der Waals surface area (Å²) in [5.74, 6) is -0.221. The average Bonchev–Trinajstić information content (AvgIpc) is 2.65. The zero-order valence-electron chi connectivity index (χ0n) is 9.52. The molecule has 0 spiro atoms. The molecule has 1 saturated heterocycles. The van der Waals surface area contributed by atoms with Crippen LogP contribution in [-0.4, -0.2) is 38.0 Å². The molecule has 1 aliphatic rings. The largest absolute Gasteiger partial charge is 0.357 e. The highest BCUT2D eigenvalue weighted by Gasteiger charge is 2.37. The van der Waals surface area contributed by atoms with Crippen molar-refractivity contribution in [2.24, 2.45) is 5.41 Å². The van der Waals surface area contributed by atoms with Gasteiger partial charge in [-0.25, -0.2) is 0 Å². The van der Waals surface area contributed by atoms with Crippen molar-refractivity contribution in [3.8, 4) is 0 Å². The molecule has 0 saturated carbocycles. The second kappa shape index (κ2) is 4.61. The second-order valence-corrected chi connectivity index (χ2v) is 4.30. The Morgan fingerprint density at radius 3 is 2.60 bits per heavy atom. The first-order valence-electron chi connectivity index (χ1n) is 5.23. The van der Waals surface area contributed by atoms with Gasteiger partial charge in [-0.15, -0.1) is 0 Å². The molecule has 0 aliphatic carbocycles. The van der Waals surface area contributed by atoms with Crippen molar-refractivity contribution in [1.29, 1.82) is 0 Å². The van der Waals surface area contributed by atoms with Crippen LogP contribution in [0, 0.1) is 5.41 Å². The highest BCUT2D eigenvalue weighted by atomic mass is 16.2. The van der Waals surface area contributed by atoms with Crippen LogP contribution in [-0.2, 0) is 9.59 Å². The molecule has 2 unspecified atom stereocenters. The molecule has 2 atom stereocenters. The summed E-state index contributed by atoms with van der Waals surface area (Å²) in [5.41, 5.74) is -0.373. The van der Waals surface area contributed by atoms with Gasteiger partial charge in [0, 0.05) is 13.6 Å². The third-order valence-corrected chi connectivity index (χ3v) is 2.90. The number of carbonyl (C=O) groups is 2. The summed E-state index contributed by atoms with van der Waals surface area (Å²) in [6.45, 7) is 5.14. The Bertz CT molecular complexity index is 259. The van der Waals surface area contributed by atoms with Crippen molar-refractivity contribution < 1.29 is 9.59 Å². The average molecular weight is 213 g/mol. The van der Waals surface area contributed by atoms with Crippen molar-refractivity contribution in [1.82, 2.24) is 16.0 Å². The van der Waals surface area contributed by atoms with Crippen molar-refractivity contribution in [3.05, 3.63) is 0 Å². The predicted molar refractivity (Wildman–Crippen MR) is 57.3 cm³/mol. The van der Waals surface area contributed by atoms with Crippen molar-refractivity contribution in [3.63, 3.8) is 0 Å². The van der Waals surface area contributed by atoms with Gasteiger partial charge in [-0.1, -0.05) is 0 Å². The van der Waals surface area contributed by atoms with E-state index in [9.17, 15) is 9.59 Å². The minimum Gasteiger partial charge on any atom is -0.357 e. The molecule has 0 radical (unpaired) electrons. The first-order valence-corrected chi connectivity index (χ1v) is 5.23. The molecule has 86 valence electrons. The predicted octanol–water partition coefficient (Wildman–Crippen LogP) is -0.763. The number of hydrogen-bond acceptors (Lipinski definition) is 3. The van der Waals surface area contributed by atoms with Gasteiger partial charge in [0.2, 0.25) is 11.8 Å². The van der Waals surface area contributed by atoms with E-state index in [1.165, 1.54) is 0 Å². The first kappa shape index (κ1) is 12.0. The molecule has 0 aromatic heterocycles. The summed E-state index contributed by atoms with van der Waals surface area (Å²) in [7, 11) is 1.56. The lowest BCUT2D eigenvalue weighted by Crippen LogP contribution is -2.49. The van der Waals surface area contributed by atoms with Crippen molar-refractivity contribution in [2.45, 2.75) is 26.3 Å². The van der Waals surface area contributed by atoms with E-state index in [1.54, 1.807) is 14.0 Å². The van der Waals surface area contributed by atoms with Crippen LogP contribution in [0.4, 0.5) is 0 Å². The zero-order valence-corrected chi connectivity index (χ0v) is 9.52. The highest BCUT2D eigenvalue weighted by molar-refractivity contribution is 5.89. The van der Waals surface area contributed by atoms with Crippen LogP contribution in [0.25, 0.3) is 0 Å². The molecule has 1 heterocycles. The van der Waals surface area contributed by atoms with Crippen LogP contribution in [0.3, 0.4) is 0 Å². The third-order valence-electron chi connectivity index (χ3n) is 2.90. The van der Waals surface area contributed by atoms with Gasteiger partial charge in [0.15, 0.2) is 0 Å². The van der Waals surface area contributed by atoms with Gasteiger partial charge in [-0.3, -0.25) is 9.59 Å². The maximum Gasteiger partial charge on any atom is 0.242 e. The fraction of sp³-hybridized carbons (Fsp3) is 0.800. The highest BCUT2D eigenvalue weighted by Crippen LogP contribution is 2.24. The van der Waals surface area contributed by atoms with Gasteiger partial charge >= 0.3 is 0 Å². The number of hydrogen-bond donors (Lipinski definition) is 3. The van der Waals surface area contributed by atoms with Gasteiger partial charge in [-0.05, 0) is 26.8 Å². The van der Waals surface area contributed by atoms with E-state index in [4.69, 9.17) is 0 Å². The second-order valence-electron chi connectivity index (χ2n) is 4.30. The van der Waals surface area contributed by atoms with E-state index in [1.807, 2.05) is 6.92 Å². The number of likely N-dealkylation sites (N-methyl/N-ethyl adjacent to an activating group) is 1. The van der Waals surface area contributed by atoms with E-state index in [0.717, 1.165) is 13.0 Å². The topological polar surface area (TPSA) is 70.2 Å². The number of amides is 2.